The molecule has 1 aromatic carbocycles. The molecular formula is C14H14N4S. The van der Waals surface area contributed by atoms with Gasteiger partial charge >= 0.3 is 0 Å². The van der Waals surface area contributed by atoms with Crippen LogP contribution in [0, 0.1) is 0 Å². The fraction of sp³-hybridized carbons (Fsp3) is 0.143. The van der Waals surface area contributed by atoms with Crippen molar-refractivity contribution in [2.45, 2.75) is 6.42 Å². The molecule has 2 aromatic heterocycles. The number of thiophene rings is 1. The van der Waals surface area contributed by atoms with Crippen LogP contribution in [0.2, 0.25) is 0 Å². The fourth-order valence-corrected chi connectivity index (χ4v) is 2.73. The van der Waals surface area contributed by atoms with E-state index >= 15 is 0 Å². The molecule has 0 unspecified atom stereocenters. The molecule has 0 aliphatic heterocycles. The second-order valence-electron chi connectivity index (χ2n) is 4.22. The molecule has 3 rings (SSSR count). The molecule has 0 fully saturated rings. The van der Waals surface area contributed by atoms with Gasteiger partial charge in [-0.05, 0) is 42.1 Å². The number of aromatic nitrogens is 2. The normalized spacial score (nSPS) is 10.8. The molecule has 0 amide bonds. The molecule has 5 heteroatoms. The van der Waals surface area contributed by atoms with Crippen molar-refractivity contribution in [3.05, 3.63) is 47.6 Å². The smallest absolute Gasteiger partial charge is 0.151 e. The molecule has 0 radical (unpaired) electrons. The Morgan fingerprint density at radius 2 is 1.95 bits per heavy atom. The molecule has 96 valence electrons. The number of fused-ring (bicyclic) bond motifs is 1. The van der Waals surface area contributed by atoms with E-state index in [2.05, 4.69) is 27.4 Å². The van der Waals surface area contributed by atoms with E-state index in [0.29, 0.717) is 6.54 Å². The number of nitrogens with one attached hydrogen (secondary N) is 1. The summed E-state index contributed by atoms with van der Waals surface area (Å²) in [6, 6.07) is 10.3. The Labute approximate surface area is 115 Å². The first-order valence-corrected chi connectivity index (χ1v) is 6.99. The van der Waals surface area contributed by atoms with Crippen molar-refractivity contribution in [3.8, 4) is 0 Å². The van der Waals surface area contributed by atoms with Crippen LogP contribution in [0.15, 0.2) is 42.0 Å². The lowest BCUT2D eigenvalue weighted by Crippen LogP contribution is -2.02. The first kappa shape index (κ1) is 12.1. The van der Waals surface area contributed by atoms with Crippen LogP contribution in [0.5, 0.6) is 0 Å². The Morgan fingerprint density at radius 3 is 2.74 bits per heavy atom. The summed E-state index contributed by atoms with van der Waals surface area (Å²) in [7, 11) is 0. The lowest BCUT2D eigenvalue weighted by molar-refractivity contribution is 0.969. The Hall–Kier alpha value is -1.98. The molecule has 0 saturated heterocycles. The zero-order chi connectivity index (χ0) is 13.1. The number of rotatable bonds is 4. The zero-order valence-corrected chi connectivity index (χ0v) is 11.2. The van der Waals surface area contributed by atoms with E-state index in [1.54, 1.807) is 17.7 Å². The summed E-state index contributed by atoms with van der Waals surface area (Å²) in [5.41, 5.74) is 8.79. The van der Waals surface area contributed by atoms with Crippen LogP contribution in [0.4, 0.5) is 11.5 Å². The first-order valence-electron chi connectivity index (χ1n) is 6.11. The Bertz CT molecular complexity index is 675. The highest BCUT2D eigenvalue weighted by molar-refractivity contribution is 7.17. The van der Waals surface area contributed by atoms with E-state index in [4.69, 9.17) is 5.73 Å². The summed E-state index contributed by atoms with van der Waals surface area (Å²) in [6.07, 6.45) is 2.49. The molecule has 4 nitrogen and oxygen atoms in total. The summed E-state index contributed by atoms with van der Waals surface area (Å²) in [5, 5.41) is 5.35. The molecule has 0 bridgehead atoms. The monoisotopic (exact) mass is 270 g/mol. The van der Waals surface area contributed by atoms with E-state index < -0.39 is 0 Å². The number of hydrogen-bond donors (Lipinski definition) is 2. The minimum absolute atomic E-state index is 0.675. The van der Waals surface area contributed by atoms with E-state index in [-0.39, 0.29) is 0 Å². The lowest BCUT2D eigenvalue weighted by Gasteiger charge is -2.07. The average molecular weight is 270 g/mol. The molecule has 2 heterocycles. The van der Waals surface area contributed by atoms with Crippen LogP contribution in [0.3, 0.4) is 0 Å². The molecule has 0 aliphatic rings. The highest BCUT2D eigenvalue weighted by atomic mass is 32.1. The summed E-state index contributed by atoms with van der Waals surface area (Å²) >= 11 is 1.64. The number of nitrogens with two attached hydrogens (primary N) is 1. The van der Waals surface area contributed by atoms with Gasteiger partial charge in [0.05, 0.1) is 10.2 Å². The minimum atomic E-state index is 0.675. The number of anilines is 2. The van der Waals surface area contributed by atoms with Gasteiger partial charge in [-0.15, -0.1) is 11.3 Å². The van der Waals surface area contributed by atoms with Gasteiger partial charge in [0, 0.05) is 5.69 Å². The van der Waals surface area contributed by atoms with E-state index in [1.165, 1.54) is 5.56 Å². The molecule has 0 aliphatic carbocycles. The van der Waals surface area contributed by atoms with Crippen molar-refractivity contribution in [1.82, 2.24) is 9.97 Å². The second-order valence-corrected chi connectivity index (χ2v) is 5.13. The van der Waals surface area contributed by atoms with Crippen molar-refractivity contribution in [2.24, 2.45) is 5.73 Å². The minimum Gasteiger partial charge on any atom is -0.339 e. The van der Waals surface area contributed by atoms with Crippen LogP contribution in [0.25, 0.3) is 10.2 Å². The van der Waals surface area contributed by atoms with Gasteiger partial charge < -0.3 is 11.1 Å². The number of benzene rings is 1. The molecule has 3 N–H and O–H groups in total. The van der Waals surface area contributed by atoms with Crippen molar-refractivity contribution in [1.29, 1.82) is 0 Å². The second kappa shape index (κ2) is 5.34. The lowest BCUT2D eigenvalue weighted by atomic mass is 10.1. The third-order valence-electron chi connectivity index (χ3n) is 2.89. The molecule has 3 aromatic rings. The molecule has 0 saturated carbocycles. The van der Waals surface area contributed by atoms with Crippen molar-refractivity contribution >= 4 is 33.1 Å². The largest absolute Gasteiger partial charge is 0.339 e. The Morgan fingerprint density at radius 1 is 1.11 bits per heavy atom. The fourth-order valence-electron chi connectivity index (χ4n) is 1.94. The zero-order valence-electron chi connectivity index (χ0n) is 10.3. The van der Waals surface area contributed by atoms with Crippen molar-refractivity contribution in [3.63, 3.8) is 0 Å². The number of hydrogen-bond acceptors (Lipinski definition) is 5. The third kappa shape index (κ3) is 2.57. The third-order valence-corrected chi connectivity index (χ3v) is 3.80. The maximum atomic E-state index is 5.54. The van der Waals surface area contributed by atoms with Crippen LogP contribution >= 0.6 is 11.3 Å². The van der Waals surface area contributed by atoms with Gasteiger partial charge in [0.25, 0.3) is 0 Å². The maximum Gasteiger partial charge on any atom is 0.151 e. The van der Waals surface area contributed by atoms with Gasteiger partial charge in [-0.25, -0.2) is 9.97 Å². The summed E-state index contributed by atoms with van der Waals surface area (Å²) in [5.74, 6) is 0.853. The van der Waals surface area contributed by atoms with Gasteiger partial charge in [-0.2, -0.15) is 0 Å². The molecule has 0 spiro atoms. The van der Waals surface area contributed by atoms with Crippen LogP contribution in [-0.2, 0) is 6.42 Å². The van der Waals surface area contributed by atoms with Crippen molar-refractivity contribution in [2.75, 3.05) is 11.9 Å². The maximum absolute atomic E-state index is 5.54. The highest BCUT2D eigenvalue weighted by Gasteiger charge is 2.04. The van der Waals surface area contributed by atoms with E-state index in [1.807, 2.05) is 23.6 Å². The van der Waals surface area contributed by atoms with Crippen LogP contribution < -0.4 is 11.1 Å². The average Bonchev–Trinajstić information content (AvgIpc) is 2.91. The first-order chi connectivity index (χ1) is 9.36. The topological polar surface area (TPSA) is 63.8 Å². The standard InChI is InChI=1S/C14H14N4S/c15-7-5-10-1-3-11(4-2-10)18-14-13-12(6-8-19-13)16-9-17-14/h1-4,6,8-9H,5,7,15H2,(H,16,17,18). The quantitative estimate of drug-likeness (QED) is 0.765. The summed E-state index contributed by atoms with van der Waals surface area (Å²) in [4.78, 5) is 8.53. The predicted molar refractivity (Wildman–Crippen MR) is 79.9 cm³/mol. The Balaban J connectivity index is 1.86. The Kier molecular flexibility index (Phi) is 3.39. The molecule has 0 atom stereocenters. The SMILES string of the molecule is NCCc1ccc(Nc2ncnc3ccsc23)cc1. The van der Waals surface area contributed by atoms with Gasteiger partial charge in [-0.1, -0.05) is 12.1 Å². The van der Waals surface area contributed by atoms with E-state index in [0.717, 1.165) is 28.1 Å². The molecule has 19 heavy (non-hydrogen) atoms. The van der Waals surface area contributed by atoms with E-state index in [9.17, 15) is 0 Å². The molecular weight excluding hydrogens is 256 g/mol. The predicted octanol–water partition coefficient (Wildman–Crippen LogP) is 2.94. The van der Waals surface area contributed by atoms with Gasteiger partial charge in [0.1, 0.15) is 6.33 Å². The number of nitrogens with zero attached hydrogens (tertiary/aromatic N) is 2. The summed E-state index contributed by atoms with van der Waals surface area (Å²) < 4.78 is 1.08. The summed E-state index contributed by atoms with van der Waals surface area (Å²) in [6.45, 7) is 0.675. The van der Waals surface area contributed by atoms with Crippen LogP contribution in [0.1, 0.15) is 5.56 Å². The van der Waals surface area contributed by atoms with Gasteiger partial charge in [0.2, 0.25) is 0 Å². The van der Waals surface area contributed by atoms with Gasteiger partial charge in [-0.3, -0.25) is 0 Å². The van der Waals surface area contributed by atoms with Crippen LogP contribution in [-0.4, -0.2) is 16.5 Å². The van der Waals surface area contributed by atoms with Gasteiger partial charge in [0.15, 0.2) is 5.82 Å². The van der Waals surface area contributed by atoms with Crippen molar-refractivity contribution < 1.29 is 0 Å². The highest BCUT2D eigenvalue weighted by Crippen LogP contribution is 2.27.